The van der Waals surface area contributed by atoms with Crippen molar-refractivity contribution in [2.75, 3.05) is 30.8 Å². The molecule has 0 bridgehead atoms. The molecule has 0 unspecified atom stereocenters. The SMILES string of the molecule is CCN(C1CCN(c2nccc(C)n2)CC1)S(C)(=O)=O. The average molecular weight is 298 g/mol. The number of anilines is 1. The van der Waals surface area contributed by atoms with Crippen LogP contribution < -0.4 is 4.90 Å². The van der Waals surface area contributed by atoms with E-state index in [-0.39, 0.29) is 6.04 Å². The Labute approximate surface area is 120 Å². The molecule has 7 heteroatoms. The Hall–Kier alpha value is -1.21. The molecule has 1 aromatic rings. The van der Waals surface area contributed by atoms with Crippen molar-refractivity contribution in [1.82, 2.24) is 14.3 Å². The highest BCUT2D eigenvalue weighted by Gasteiger charge is 2.29. The van der Waals surface area contributed by atoms with E-state index in [1.54, 1.807) is 10.5 Å². The van der Waals surface area contributed by atoms with Crippen LogP contribution in [0.5, 0.6) is 0 Å². The molecule has 20 heavy (non-hydrogen) atoms. The van der Waals surface area contributed by atoms with Crippen molar-refractivity contribution in [3.63, 3.8) is 0 Å². The van der Waals surface area contributed by atoms with Crippen LogP contribution in [0.1, 0.15) is 25.5 Å². The van der Waals surface area contributed by atoms with Crippen LogP contribution in [-0.2, 0) is 10.0 Å². The van der Waals surface area contributed by atoms with E-state index in [2.05, 4.69) is 14.9 Å². The standard InChI is InChI=1S/C13H22N4O2S/c1-4-17(20(3,18)19)12-6-9-16(10-7-12)13-14-8-5-11(2)15-13/h5,8,12H,4,6-7,9-10H2,1-3H3. The summed E-state index contributed by atoms with van der Waals surface area (Å²) in [6, 6.07) is 1.97. The quantitative estimate of drug-likeness (QED) is 0.831. The summed E-state index contributed by atoms with van der Waals surface area (Å²) in [5, 5.41) is 0. The molecular formula is C13H22N4O2S. The van der Waals surface area contributed by atoms with Crippen LogP contribution in [0.25, 0.3) is 0 Å². The molecule has 112 valence electrons. The van der Waals surface area contributed by atoms with Crippen molar-refractivity contribution in [3.05, 3.63) is 18.0 Å². The van der Waals surface area contributed by atoms with Crippen LogP contribution >= 0.6 is 0 Å². The average Bonchev–Trinajstić information content (AvgIpc) is 2.38. The highest BCUT2D eigenvalue weighted by molar-refractivity contribution is 7.88. The Morgan fingerprint density at radius 1 is 1.40 bits per heavy atom. The number of hydrogen-bond donors (Lipinski definition) is 0. The van der Waals surface area contributed by atoms with Crippen LogP contribution in [-0.4, -0.2) is 54.6 Å². The maximum Gasteiger partial charge on any atom is 0.225 e. The van der Waals surface area contributed by atoms with Crippen molar-refractivity contribution in [1.29, 1.82) is 0 Å². The Balaban J connectivity index is 2.02. The van der Waals surface area contributed by atoms with Gasteiger partial charge in [-0.05, 0) is 25.8 Å². The summed E-state index contributed by atoms with van der Waals surface area (Å²) in [5.74, 6) is 0.742. The van der Waals surface area contributed by atoms with Gasteiger partial charge in [0.2, 0.25) is 16.0 Å². The molecule has 0 N–H and O–H groups in total. The van der Waals surface area contributed by atoms with Crippen LogP contribution in [0.2, 0.25) is 0 Å². The molecule has 1 saturated heterocycles. The molecule has 6 nitrogen and oxygen atoms in total. The van der Waals surface area contributed by atoms with Crippen LogP contribution in [0.3, 0.4) is 0 Å². The van der Waals surface area contributed by atoms with Crippen molar-refractivity contribution < 1.29 is 8.42 Å². The zero-order valence-corrected chi connectivity index (χ0v) is 13.1. The maximum atomic E-state index is 11.7. The summed E-state index contributed by atoms with van der Waals surface area (Å²) in [5.41, 5.74) is 0.948. The van der Waals surface area contributed by atoms with Gasteiger partial charge in [-0.3, -0.25) is 0 Å². The number of nitrogens with zero attached hydrogens (tertiary/aromatic N) is 4. The van der Waals surface area contributed by atoms with Gasteiger partial charge in [0.15, 0.2) is 0 Å². The van der Waals surface area contributed by atoms with Gasteiger partial charge in [0.05, 0.1) is 6.26 Å². The van der Waals surface area contributed by atoms with Gasteiger partial charge in [0, 0.05) is 37.6 Å². The predicted octanol–water partition coefficient (Wildman–Crippen LogP) is 1.04. The molecule has 1 aromatic heterocycles. The molecule has 1 fully saturated rings. The fraction of sp³-hybridized carbons (Fsp3) is 0.692. The van der Waals surface area contributed by atoms with E-state index in [1.165, 1.54) is 6.26 Å². The van der Waals surface area contributed by atoms with Gasteiger partial charge in [-0.25, -0.2) is 18.4 Å². The van der Waals surface area contributed by atoms with Crippen LogP contribution in [0, 0.1) is 6.92 Å². The van der Waals surface area contributed by atoms with E-state index in [0.717, 1.165) is 37.6 Å². The second-order valence-electron chi connectivity index (χ2n) is 5.18. The monoisotopic (exact) mass is 298 g/mol. The van der Waals surface area contributed by atoms with Crippen molar-refractivity contribution >= 4 is 16.0 Å². The van der Waals surface area contributed by atoms with Crippen LogP contribution in [0.4, 0.5) is 5.95 Å². The largest absolute Gasteiger partial charge is 0.341 e. The third-order valence-electron chi connectivity index (χ3n) is 3.67. The number of piperidine rings is 1. The lowest BCUT2D eigenvalue weighted by Crippen LogP contribution is -2.47. The van der Waals surface area contributed by atoms with Crippen LogP contribution in [0.15, 0.2) is 12.3 Å². The molecule has 2 heterocycles. The Kier molecular flexibility index (Phi) is 4.59. The van der Waals surface area contributed by atoms with E-state index in [9.17, 15) is 8.42 Å². The first-order valence-electron chi connectivity index (χ1n) is 6.93. The molecule has 0 radical (unpaired) electrons. The molecule has 2 rings (SSSR count). The minimum absolute atomic E-state index is 0.0936. The summed E-state index contributed by atoms with van der Waals surface area (Å²) in [6.07, 6.45) is 4.68. The van der Waals surface area contributed by atoms with Crippen molar-refractivity contribution in [3.8, 4) is 0 Å². The van der Waals surface area contributed by atoms with E-state index < -0.39 is 10.0 Å². The number of aromatic nitrogens is 2. The van der Waals surface area contributed by atoms with Crippen molar-refractivity contribution in [2.45, 2.75) is 32.7 Å². The molecule has 0 aromatic carbocycles. The lowest BCUT2D eigenvalue weighted by atomic mass is 10.1. The second-order valence-corrected chi connectivity index (χ2v) is 7.12. The fourth-order valence-corrected chi connectivity index (χ4v) is 3.93. The lowest BCUT2D eigenvalue weighted by molar-refractivity contribution is 0.284. The first-order valence-corrected chi connectivity index (χ1v) is 8.78. The molecule has 1 aliphatic heterocycles. The van der Waals surface area contributed by atoms with Gasteiger partial charge in [0.1, 0.15) is 0 Å². The van der Waals surface area contributed by atoms with Gasteiger partial charge in [-0.15, -0.1) is 0 Å². The Bertz CT molecular complexity index is 553. The van der Waals surface area contributed by atoms with E-state index >= 15 is 0 Å². The van der Waals surface area contributed by atoms with Gasteiger partial charge in [-0.1, -0.05) is 6.92 Å². The fourth-order valence-electron chi connectivity index (χ4n) is 2.71. The summed E-state index contributed by atoms with van der Waals surface area (Å²) in [7, 11) is -3.12. The van der Waals surface area contributed by atoms with Gasteiger partial charge < -0.3 is 4.90 Å². The highest BCUT2D eigenvalue weighted by atomic mass is 32.2. The van der Waals surface area contributed by atoms with Gasteiger partial charge in [-0.2, -0.15) is 4.31 Å². The zero-order chi connectivity index (χ0) is 14.8. The minimum atomic E-state index is -3.12. The smallest absolute Gasteiger partial charge is 0.225 e. The molecule has 0 saturated carbocycles. The number of aryl methyl sites for hydroxylation is 1. The first-order chi connectivity index (χ1) is 9.41. The summed E-state index contributed by atoms with van der Waals surface area (Å²) < 4.78 is 25.1. The number of sulfonamides is 1. The first kappa shape index (κ1) is 15.2. The third-order valence-corrected chi connectivity index (χ3v) is 5.08. The maximum absolute atomic E-state index is 11.7. The Morgan fingerprint density at radius 3 is 2.55 bits per heavy atom. The Morgan fingerprint density at radius 2 is 2.05 bits per heavy atom. The molecule has 0 aliphatic carbocycles. The summed E-state index contributed by atoms with van der Waals surface area (Å²) >= 11 is 0. The molecule has 0 amide bonds. The van der Waals surface area contributed by atoms with Crippen molar-refractivity contribution in [2.24, 2.45) is 0 Å². The van der Waals surface area contributed by atoms with Gasteiger partial charge >= 0.3 is 0 Å². The molecule has 0 spiro atoms. The topological polar surface area (TPSA) is 66.4 Å². The van der Waals surface area contributed by atoms with E-state index in [1.807, 2.05) is 19.9 Å². The number of rotatable bonds is 4. The zero-order valence-electron chi connectivity index (χ0n) is 12.3. The molecule has 1 aliphatic rings. The predicted molar refractivity (Wildman–Crippen MR) is 79.2 cm³/mol. The minimum Gasteiger partial charge on any atom is -0.341 e. The van der Waals surface area contributed by atoms with E-state index in [4.69, 9.17) is 0 Å². The lowest BCUT2D eigenvalue weighted by Gasteiger charge is -2.36. The van der Waals surface area contributed by atoms with Gasteiger partial charge in [0.25, 0.3) is 0 Å². The molecule has 0 atom stereocenters. The summed E-state index contributed by atoms with van der Waals surface area (Å²) in [6.45, 7) is 5.95. The third kappa shape index (κ3) is 3.46. The van der Waals surface area contributed by atoms with E-state index in [0.29, 0.717) is 6.54 Å². The second kappa shape index (κ2) is 6.05. The highest BCUT2D eigenvalue weighted by Crippen LogP contribution is 2.21. The number of hydrogen-bond acceptors (Lipinski definition) is 5. The molecular weight excluding hydrogens is 276 g/mol. The summed E-state index contributed by atoms with van der Waals surface area (Å²) in [4.78, 5) is 10.8. The normalized spacial score (nSPS) is 17.7.